The Hall–Kier alpha value is -4.78. The fraction of sp³-hybridized carbons (Fsp3) is 0.400. The number of nitrogens with one attached hydrogen (secondary N) is 3. The van der Waals surface area contributed by atoms with E-state index in [1.807, 2.05) is 18.4 Å². The minimum Gasteiger partial charge on any atom is -0.493 e. The maximum Gasteiger partial charge on any atom is 0.246 e. The third-order valence-corrected chi connectivity index (χ3v) is 8.75. The van der Waals surface area contributed by atoms with E-state index in [0.29, 0.717) is 76.3 Å². The fourth-order valence-electron chi connectivity index (χ4n) is 5.90. The van der Waals surface area contributed by atoms with Gasteiger partial charge in [-0.1, -0.05) is 6.07 Å². The molecule has 0 bridgehead atoms. The molecule has 2 atom stereocenters. The van der Waals surface area contributed by atoms with Crippen molar-refractivity contribution in [3.8, 4) is 45.6 Å². The highest BCUT2D eigenvalue weighted by atomic mass is 32.2. The quantitative estimate of drug-likeness (QED) is 0.210. The predicted octanol–water partition coefficient (Wildman–Crippen LogP) is 5.06. The molecular formula is C35H43N3O9S. The number of hydrogen-bond acceptors (Lipinski definition) is 11. The molecule has 4 rings (SSSR count). The molecule has 0 fully saturated rings. The van der Waals surface area contributed by atoms with Gasteiger partial charge in [0.15, 0.2) is 23.0 Å². The summed E-state index contributed by atoms with van der Waals surface area (Å²) in [6, 6.07) is 8.93. The van der Waals surface area contributed by atoms with Crippen LogP contribution in [0.15, 0.2) is 41.2 Å². The summed E-state index contributed by atoms with van der Waals surface area (Å²) in [4.78, 5) is 40.0. The van der Waals surface area contributed by atoms with Crippen molar-refractivity contribution in [2.24, 2.45) is 0 Å². The maximum absolute atomic E-state index is 13.9. The van der Waals surface area contributed by atoms with Crippen LogP contribution in [0.1, 0.15) is 36.9 Å². The summed E-state index contributed by atoms with van der Waals surface area (Å²) in [5.74, 6) is 2.62. The molecule has 48 heavy (non-hydrogen) atoms. The number of thioether (sulfide) groups is 1. The predicted molar refractivity (Wildman–Crippen MR) is 188 cm³/mol. The number of anilines is 2. The molecule has 258 valence electrons. The largest absolute Gasteiger partial charge is 0.493 e. The molecule has 13 heteroatoms. The van der Waals surface area contributed by atoms with Gasteiger partial charge in [0.25, 0.3) is 0 Å². The van der Waals surface area contributed by atoms with E-state index in [-0.39, 0.29) is 22.9 Å². The Kier molecular flexibility index (Phi) is 12.3. The van der Waals surface area contributed by atoms with E-state index < -0.39 is 12.1 Å². The lowest BCUT2D eigenvalue weighted by atomic mass is 9.95. The SMILES string of the molecule is COc1cc(NC(=O)[C@@H](CCSC)Nc2ccc3c(cc2=O)[C@@H](NC(C)=O)CCc2cc(OC)c(OC)c(OC)c2-3)cc(OC)c1OC. The first-order chi connectivity index (χ1) is 23.1. The van der Waals surface area contributed by atoms with Gasteiger partial charge in [0.1, 0.15) is 6.04 Å². The van der Waals surface area contributed by atoms with Crippen molar-refractivity contribution in [1.82, 2.24) is 5.32 Å². The van der Waals surface area contributed by atoms with Gasteiger partial charge >= 0.3 is 0 Å². The number of carbonyl (C=O) groups excluding carboxylic acids is 2. The summed E-state index contributed by atoms with van der Waals surface area (Å²) in [5.41, 5.74) is 3.26. The lowest BCUT2D eigenvalue weighted by Gasteiger charge is -2.20. The van der Waals surface area contributed by atoms with E-state index in [2.05, 4.69) is 16.0 Å². The second-order valence-electron chi connectivity index (χ2n) is 11.0. The molecule has 0 saturated carbocycles. The second kappa shape index (κ2) is 16.4. The van der Waals surface area contributed by atoms with Gasteiger partial charge in [-0.05, 0) is 66.2 Å². The molecule has 0 aromatic heterocycles. The van der Waals surface area contributed by atoms with Crippen LogP contribution in [0.2, 0.25) is 0 Å². The van der Waals surface area contributed by atoms with Crippen LogP contribution in [0.5, 0.6) is 34.5 Å². The molecule has 1 aliphatic carbocycles. The standard InChI is InChI=1S/C35H43N3O9S/c1-19(39)36-24-11-9-20-15-28(42-2)33(46-6)34(47-7)31(20)22-10-12-25(27(40)18-23(22)24)38-26(13-14-48-8)35(41)37-21-16-29(43-3)32(45-5)30(17-21)44-4/h10,12,15-18,24,26H,9,11,13-14H2,1-8H3,(H,36,39)(H,37,41)(H,38,40)/t24-,26+/m0/s1. The van der Waals surface area contributed by atoms with Gasteiger partial charge in [-0.2, -0.15) is 11.8 Å². The highest BCUT2D eigenvalue weighted by Crippen LogP contribution is 2.50. The number of hydrogen-bond donors (Lipinski definition) is 3. The number of rotatable bonds is 14. The molecule has 0 unspecified atom stereocenters. The van der Waals surface area contributed by atoms with Crippen LogP contribution in [0.3, 0.4) is 0 Å². The maximum atomic E-state index is 13.9. The van der Waals surface area contributed by atoms with Crippen LogP contribution in [0.4, 0.5) is 11.4 Å². The van der Waals surface area contributed by atoms with Gasteiger partial charge < -0.3 is 44.4 Å². The van der Waals surface area contributed by atoms with Crippen LogP contribution in [0, 0.1) is 0 Å². The number of carbonyl (C=O) groups is 2. The van der Waals surface area contributed by atoms with Crippen molar-refractivity contribution in [2.75, 3.05) is 65.3 Å². The highest BCUT2D eigenvalue weighted by molar-refractivity contribution is 7.98. The molecule has 0 radical (unpaired) electrons. The highest BCUT2D eigenvalue weighted by Gasteiger charge is 2.30. The van der Waals surface area contributed by atoms with Crippen LogP contribution in [0.25, 0.3) is 11.1 Å². The second-order valence-corrected chi connectivity index (χ2v) is 12.0. The van der Waals surface area contributed by atoms with Crippen molar-refractivity contribution in [2.45, 2.75) is 38.3 Å². The molecule has 2 amide bonds. The summed E-state index contributed by atoms with van der Waals surface area (Å²) < 4.78 is 33.5. The smallest absolute Gasteiger partial charge is 0.246 e. The third kappa shape index (κ3) is 7.67. The van der Waals surface area contributed by atoms with Crippen LogP contribution in [-0.2, 0) is 16.0 Å². The van der Waals surface area contributed by atoms with Gasteiger partial charge in [0.2, 0.25) is 28.7 Å². The summed E-state index contributed by atoms with van der Waals surface area (Å²) in [7, 11) is 9.13. The Morgan fingerprint density at radius 1 is 0.854 bits per heavy atom. The minimum absolute atomic E-state index is 0.219. The molecule has 3 aromatic rings. The zero-order valence-corrected chi connectivity index (χ0v) is 29.3. The van der Waals surface area contributed by atoms with Crippen LogP contribution in [-0.4, -0.2) is 72.5 Å². The molecule has 12 nitrogen and oxygen atoms in total. The molecule has 3 aromatic carbocycles. The first-order valence-corrected chi connectivity index (χ1v) is 16.7. The number of methoxy groups -OCH3 is 6. The molecule has 0 heterocycles. The molecule has 3 N–H and O–H groups in total. The van der Waals surface area contributed by atoms with E-state index in [9.17, 15) is 14.4 Å². The van der Waals surface area contributed by atoms with Crippen molar-refractivity contribution in [3.05, 3.63) is 57.7 Å². The first-order valence-electron chi connectivity index (χ1n) is 15.3. The normalized spacial score (nSPS) is 13.9. The van der Waals surface area contributed by atoms with Gasteiger partial charge in [-0.3, -0.25) is 14.4 Å². The lowest BCUT2D eigenvalue weighted by Crippen LogP contribution is -2.36. The van der Waals surface area contributed by atoms with Crippen LogP contribution >= 0.6 is 11.8 Å². The first kappa shape index (κ1) is 36.1. The van der Waals surface area contributed by atoms with Crippen LogP contribution < -0.4 is 49.8 Å². The number of benzene rings is 2. The van der Waals surface area contributed by atoms with Gasteiger partial charge in [-0.25, -0.2) is 0 Å². The Morgan fingerprint density at radius 2 is 1.48 bits per heavy atom. The third-order valence-electron chi connectivity index (χ3n) is 8.11. The number of amides is 2. The summed E-state index contributed by atoms with van der Waals surface area (Å²) in [6.07, 6.45) is 3.48. The lowest BCUT2D eigenvalue weighted by molar-refractivity contribution is -0.120. The Balaban J connectivity index is 1.81. The van der Waals surface area contributed by atoms with Gasteiger partial charge in [-0.15, -0.1) is 0 Å². The van der Waals surface area contributed by atoms with E-state index >= 15 is 0 Å². The average molecular weight is 682 g/mol. The Labute approximate surface area is 284 Å². The van der Waals surface area contributed by atoms with Gasteiger partial charge in [0.05, 0.1) is 54.4 Å². The Morgan fingerprint density at radius 3 is 2.04 bits per heavy atom. The van der Waals surface area contributed by atoms with E-state index in [1.165, 1.54) is 41.4 Å². The average Bonchev–Trinajstić information content (AvgIpc) is 3.32. The van der Waals surface area contributed by atoms with E-state index in [0.717, 1.165) is 11.1 Å². The minimum atomic E-state index is -0.774. The molecule has 0 saturated heterocycles. The molecule has 1 aliphatic rings. The number of ether oxygens (including phenoxy) is 6. The van der Waals surface area contributed by atoms with E-state index in [1.54, 1.807) is 44.2 Å². The monoisotopic (exact) mass is 681 g/mol. The summed E-state index contributed by atoms with van der Waals surface area (Å²) in [6.45, 7) is 1.45. The zero-order chi connectivity index (χ0) is 35.0. The number of aryl methyl sites for hydroxylation is 1. The summed E-state index contributed by atoms with van der Waals surface area (Å²) >= 11 is 1.58. The summed E-state index contributed by atoms with van der Waals surface area (Å²) in [5, 5.41) is 9.14. The topological polar surface area (TPSA) is 143 Å². The molecule has 0 spiro atoms. The van der Waals surface area contributed by atoms with Crippen molar-refractivity contribution < 1.29 is 38.0 Å². The van der Waals surface area contributed by atoms with Crippen molar-refractivity contribution in [1.29, 1.82) is 0 Å². The van der Waals surface area contributed by atoms with Crippen molar-refractivity contribution >= 4 is 35.0 Å². The van der Waals surface area contributed by atoms with E-state index in [4.69, 9.17) is 28.4 Å². The molecular weight excluding hydrogens is 638 g/mol. The van der Waals surface area contributed by atoms with Gasteiger partial charge in [0, 0.05) is 30.3 Å². The molecule has 0 aliphatic heterocycles. The zero-order valence-electron chi connectivity index (χ0n) is 28.5. The van der Waals surface area contributed by atoms with Crippen molar-refractivity contribution in [3.63, 3.8) is 0 Å². The fourth-order valence-corrected chi connectivity index (χ4v) is 6.37. The Bertz CT molecular complexity index is 1690. The number of fused-ring (bicyclic) bond motifs is 3.